The number of amides is 2. The Bertz CT molecular complexity index is 1020. The van der Waals surface area contributed by atoms with E-state index in [1.165, 1.54) is 5.56 Å². The van der Waals surface area contributed by atoms with Crippen molar-refractivity contribution in [2.24, 2.45) is 0 Å². The van der Waals surface area contributed by atoms with Gasteiger partial charge in [0.1, 0.15) is 0 Å². The molecule has 5 nitrogen and oxygen atoms in total. The zero-order valence-electron chi connectivity index (χ0n) is 17.9. The number of aryl methyl sites for hydroxylation is 2. The van der Waals surface area contributed by atoms with Gasteiger partial charge in [-0.25, -0.2) is 4.98 Å². The van der Waals surface area contributed by atoms with Gasteiger partial charge in [-0.1, -0.05) is 29.8 Å². The summed E-state index contributed by atoms with van der Waals surface area (Å²) in [7, 11) is 0. The molecule has 0 aliphatic carbocycles. The second-order valence-electron chi connectivity index (χ2n) is 7.15. The highest BCUT2D eigenvalue weighted by Gasteiger charge is 2.16. The van der Waals surface area contributed by atoms with Crippen molar-refractivity contribution < 1.29 is 9.59 Å². The van der Waals surface area contributed by atoms with Gasteiger partial charge in [0.05, 0.1) is 17.1 Å². The number of anilines is 1. The Hall–Kier alpha value is -2.99. The topological polar surface area (TPSA) is 62.3 Å². The summed E-state index contributed by atoms with van der Waals surface area (Å²) < 4.78 is 0. The molecule has 0 aliphatic heterocycles. The monoisotopic (exact) mass is 421 g/mol. The first-order valence-electron chi connectivity index (χ1n) is 10.1. The number of carbonyl (C=O) groups is 2. The van der Waals surface area contributed by atoms with Crippen LogP contribution in [0.2, 0.25) is 0 Å². The van der Waals surface area contributed by atoms with Crippen LogP contribution in [-0.4, -0.2) is 34.8 Å². The number of hydrogen-bond donors (Lipinski definition) is 1. The lowest BCUT2D eigenvalue weighted by Gasteiger charge is -2.18. The van der Waals surface area contributed by atoms with Crippen molar-refractivity contribution >= 4 is 28.8 Å². The normalized spacial score (nSPS) is 10.7. The molecule has 3 rings (SSSR count). The molecule has 2 aromatic carbocycles. The summed E-state index contributed by atoms with van der Waals surface area (Å²) in [5.74, 6) is -0.101. The van der Waals surface area contributed by atoms with Crippen LogP contribution in [0.5, 0.6) is 0 Å². The summed E-state index contributed by atoms with van der Waals surface area (Å²) in [5.41, 5.74) is 4.37. The Labute approximate surface area is 181 Å². The van der Waals surface area contributed by atoms with Crippen LogP contribution in [0.25, 0.3) is 11.3 Å². The van der Waals surface area contributed by atoms with Crippen molar-refractivity contribution in [2.75, 3.05) is 18.4 Å². The molecule has 0 atom stereocenters. The third kappa shape index (κ3) is 5.13. The highest BCUT2D eigenvalue weighted by Crippen LogP contribution is 2.29. The predicted molar refractivity (Wildman–Crippen MR) is 123 cm³/mol. The molecule has 30 heavy (non-hydrogen) atoms. The highest BCUT2D eigenvalue weighted by molar-refractivity contribution is 7.12. The second kappa shape index (κ2) is 9.67. The molecule has 6 heteroatoms. The van der Waals surface area contributed by atoms with E-state index in [1.54, 1.807) is 40.5 Å². The average molecular weight is 422 g/mol. The Kier molecular flexibility index (Phi) is 7.00. The lowest BCUT2D eigenvalue weighted by Crippen LogP contribution is -2.30. The van der Waals surface area contributed by atoms with Gasteiger partial charge in [0, 0.05) is 34.8 Å². The molecule has 0 bridgehead atoms. The minimum Gasteiger partial charge on any atom is -0.339 e. The predicted octanol–water partition coefficient (Wildman–Crippen LogP) is 5.09. The number of carbonyl (C=O) groups excluding carboxylic acids is 2. The molecular formula is C24H27N3O2S. The molecule has 0 fully saturated rings. The maximum atomic E-state index is 12.6. The molecule has 0 saturated carbocycles. The van der Waals surface area contributed by atoms with Crippen molar-refractivity contribution in [1.29, 1.82) is 0 Å². The molecule has 1 N–H and O–H groups in total. The fourth-order valence-electron chi connectivity index (χ4n) is 3.27. The number of benzene rings is 2. The minimum atomic E-state index is -0.102. The minimum absolute atomic E-state index is 0.000696. The van der Waals surface area contributed by atoms with Crippen molar-refractivity contribution in [2.45, 2.75) is 34.1 Å². The van der Waals surface area contributed by atoms with Crippen LogP contribution >= 0.6 is 11.3 Å². The maximum absolute atomic E-state index is 12.6. The van der Waals surface area contributed by atoms with Gasteiger partial charge < -0.3 is 10.2 Å². The van der Waals surface area contributed by atoms with Gasteiger partial charge in [-0.2, -0.15) is 0 Å². The first kappa shape index (κ1) is 21.7. The SMILES string of the molecule is CCN(CC)C(=O)c1ccc(NC(=O)Cc2sc(C)nc2-c2ccc(C)cc2)cc1. The van der Waals surface area contributed by atoms with E-state index in [2.05, 4.69) is 22.4 Å². The van der Waals surface area contributed by atoms with E-state index in [9.17, 15) is 9.59 Å². The molecular weight excluding hydrogens is 394 g/mol. The third-order valence-corrected chi connectivity index (χ3v) is 5.89. The fraction of sp³-hybridized carbons (Fsp3) is 0.292. The van der Waals surface area contributed by atoms with Crippen molar-refractivity contribution in [3.63, 3.8) is 0 Å². The number of thiazole rings is 1. The number of aromatic nitrogens is 1. The zero-order valence-corrected chi connectivity index (χ0v) is 18.7. The van der Waals surface area contributed by atoms with E-state index in [1.807, 2.05) is 39.8 Å². The van der Waals surface area contributed by atoms with Crippen LogP contribution < -0.4 is 5.32 Å². The third-order valence-electron chi connectivity index (χ3n) is 4.92. The fourth-order valence-corrected chi connectivity index (χ4v) is 4.22. The molecule has 0 saturated heterocycles. The van der Waals surface area contributed by atoms with Gasteiger partial charge in [-0.05, 0) is 52.0 Å². The first-order chi connectivity index (χ1) is 14.4. The standard InChI is InChI=1S/C24H27N3O2S/c1-5-27(6-2)24(29)19-11-13-20(14-12-19)26-22(28)15-21-23(25-17(4)30-21)18-9-7-16(3)8-10-18/h7-14H,5-6,15H2,1-4H3,(H,26,28). The van der Waals surface area contributed by atoms with E-state index in [0.29, 0.717) is 24.3 Å². The molecule has 0 aliphatic rings. The molecule has 0 unspecified atom stereocenters. The van der Waals surface area contributed by atoms with Gasteiger partial charge in [0.15, 0.2) is 0 Å². The van der Waals surface area contributed by atoms with Crippen LogP contribution in [0.15, 0.2) is 48.5 Å². The lowest BCUT2D eigenvalue weighted by atomic mass is 10.1. The molecule has 1 heterocycles. The summed E-state index contributed by atoms with van der Waals surface area (Å²) >= 11 is 1.54. The number of nitrogens with zero attached hydrogens (tertiary/aromatic N) is 2. The highest BCUT2D eigenvalue weighted by atomic mass is 32.1. The largest absolute Gasteiger partial charge is 0.339 e. The maximum Gasteiger partial charge on any atom is 0.253 e. The van der Waals surface area contributed by atoms with Gasteiger partial charge >= 0.3 is 0 Å². The molecule has 0 spiro atoms. The smallest absolute Gasteiger partial charge is 0.253 e. The first-order valence-corrected chi connectivity index (χ1v) is 11.0. The summed E-state index contributed by atoms with van der Waals surface area (Å²) in [6.45, 7) is 9.27. The van der Waals surface area contributed by atoms with Gasteiger partial charge in [-0.15, -0.1) is 11.3 Å². The van der Waals surface area contributed by atoms with Crippen molar-refractivity contribution in [3.8, 4) is 11.3 Å². The summed E-state index contributed by atoms with van der Waals surface area (Å²) in [6, 6.07) is 15.2. The summed E-state index contributed by atoms with van der Waals surface area (Å²) in [4.78, 5) is 32.4. The van der Waals surface area contributed by atoms with E-state index in [4.69, 9.17) is 0 Å². The van der Waals surface area contributed by atoms with E-state index in [0.717, 1.165) is 21.1 Å². The van der Waals surface area contributed by atoms with Crippen molar-refractivity contribution in [3.05, 3.63) is 69.5 Å². The second-order valence-corrected chi connectivity index (χ2v) is 8.44. The Morgan fingerprint density at radius 2 is 1.60 bits per heavy atom. The number of nitrogens with one attached hydrogen (secondary N) is 1. The molecule has 2 amide bonds. The van der Waals surface area contributed by atoms with E-state index in [-0.39, 0.29) is 18.2 Å². The average Bonchev–Trinajstić information content (AvgIpc) is 3.09. The van der Waals surface area contributed by atoms with Crippen LogP contribution in [0.1, 0.15) is 39.7 Å². The van der Waals surface area contributed by atoms with Gasteiger partial charge in [0.2, 0.25) is 5.91 Å². The van der Waals surface area contributed by atoms with Crippen LogP contribution in [-0.2, 0) is 11.2 Å². The molecule has 1 aromatic heterocycles. The molecule has 0 radical (unpaired) electrons. The quantitative estimate of drug-likeness (QED) is 0.578. The number of rotatable bonds is 7. The Morgan fingerprint density at radius 3 is 2.20 bits per heavy atom. The zero-order chi connectivity index (χ0) is 21.7. The van der Waals surface area contributed by atoms with Gasteiger partial charge in [0.25, 0.3) is 5.91 Å². The van der Waals surface area contributed by atoms with Crippen molar-refractivity contribution in [1.82, 2.24) is 9.88 Å². The van der Waals surface area contributed by atoms with Crippen LogP contribution in [0.3, 0.4) is 0 Å². The molecule has 156 valence electrons. The van der Waals surface area contributed by atoms with Crippen LogP contribution in [0, 0.1) is 13.8 Å². The van der Waals surface area contributed by atoms with Gasteiger partial charge in [-0.3, -0.25) is 9.59 Å². The van der Waals surface area contributed by atoms with E-state index >= 15 is 0 Å². The Balaban J connectivity index is 1.69. The lowest BCUT2D eigenvalue weighted by molar-refractivity contribution is -0.115. The van der Waals surface area contributed by atoms with E-state index < -0.39 is 0 Å². The summed E-state index contributed by atoms with van der Waals surface area (Å²) in [5, 5.41) is 3.86. The number of hydrogen-bond acceptors (Lipinski definition) is 4. The molecule has 3 aromatic rings. The Morgan fingerprint density at radius 1 is 0.967 bits per heavy atom. The summed E-state index contributed by atoms with van der Waals surface area (Å²) in [6.07, 6.45) is 0.259. The van der Waals surface area contributed by atoms with Crippen LogP contribution in [0.4, 0.5) is 5.69 Å².